The van der Waals surface area contributed by atoms with Crippen LogP contribution in [0.2, 0.25) is 0 Å². The molecule has 2 aromatic carbocycles. The highest BCUT2D eigenvalue weighted by molar-refractivity contribution is 6.33. The Labute approximate surface area is 139 Å². The van der Waals surface area contributed by atoms with Gasteiger partial charge in [0.2, 0.25) is 0 Å². The van der Waals surface area contributed by atoms with Crippen molar-refractivity contribution in [3.8, 4) is 0 Å². The number of rotatable bonds is 1. The summed E-state index contributed by atoms with van der Waals surface area (Å²) in [6.45, 7) is 13.1. The van der Waals surface area contributed by atoms with Crippen LogP contribution in [0.15, 0.2) is 42.0 Å². The Morgan fingerprint density at radius 3 is 1.96 bits per heavy atom. The topological polar surface area (TPSA) is 23.9 Å². The average Bonchev–Trinajstić information content (AvgIpc) is 2.48. The fraction of sp³-hybridized carbons (Fsp3) is 0.318. The Balaban J connectivity index is 2.30. The summed E-state index contributed by atoms with van der Waals surface area (Å²) < 4.78 is 0. The lowest BCUT2D eigenvalue weighted by atomic mass is 9.67. The second-order valence-electron chi connectivity index (χ2n) is 7.37. The number of aryl methyl sites for hydroxylation is 3. The second kappa shape index (κ2) is 5.19. The third-order valence-electron chi connectivity index (χ3n) is 5.33. The molecule has 0 aliphatic heterocycles. The van der Waals surface area contributed by atoms with Crippen molar-refractivity contribution < 1.29 is 0 Å². The first kappa shape index (κ1) is 15.7. The molecule has 118 valence electrons. The second-order valence-corrected chi connectivity index (χ2v) is 7.37. The zero-order valence-electron chi connectivity index (χ0n) is 15.0. The Morgan fingerprint density at radius 1 is 0.783 bits per heavy atom. The summed E-state index contributed by atoms with van der Waals surface area (Å²) in [5.41, 5.74) is 10.3. The van der Waals surface area contributed by atoms with Gasteiger partial charge in [0.05, 0.1) is 5.71 Å². The van der Waals surface area contributed by atoms with Gasteiger partial charge in [-0.25, -0.2) is 0 Å². The maximum atomic E-state index is 8.84. The van der Waals surface area contributed by atoms with Gasteiger partial charge in [-0.05, 0) is 44.4 Å². The van der Waals surface area contributed by atoms with Crippen LogP contribution in [0.25, 0.3) is 5.57 Å². The SMILES string of the molecule is CC1=C(c2ccc(C)cc2C)C(=N)c2ccc(C)cc2C1(C)C. The monoisotopic (exact) mass is 303 g/mol. The lowest BCUT2D eigenvalue weighted by Crippen LogP contribution is -2.30. The maximum Gasteiger partial charge on any atom is 0.0693 e. The molecule has 0 radical (unpaired) electrons. The van der Waals surface area contributed by atoms with E-state index in [-0.39, 0.29) is 5.41 Å². The molecule has 0 saturated heterocycles. The van der Waals surface area contributed by atoms with Crippen LogP contribution in [-0.2, 0) is 5.41 Å². The molecular formula is C22H25N. The van der Waals surface area contributed by atoms with Gasteiger partial charge < -0.3 is 0 Å². The molecule has 0 amide bonds. The van der Waals surface area contributed by atoms with Gasteiger partial charge in [-0.1, -0.05) is 66.9 Å². The Hall–Kier alpha value is -2.15. The summed E-state index contributed by atoms with van der Waals surface area (Å²) in [5.74, 6) is 0. The standard InChI is InChI=1S/C22H25N/c1-13-7-9-17(15(3)11-13)20-16(4)22(5,6)19-12-14(2)8-10-18(19)21(20)23/h7-12,23H,1-6H3. The lowest BCUT2D eigenvalue weighted by molar-refractivity contribution is 0.621. The smallest absolute Gasteiger partial charge is 0.0693 e. The van der Waals surface area contributed by atoms with E-state index in [1.807, 2.05) is 0 Å². The summed E-state index contributed by atoms with van der Waals surface area (Å²) in [5, 5.41) is 8.84. The van der Waals surface area contributed by atoms with E-state index in [1.54, 1.807) is 0 Å². The van der Waals surface area contributed by atoms with Crippen LogP contribution in [0, 0.1) is 26.2 Å². The largest absolute Gasteiger partial charge is 0.300 e. The van der Waals surface area contributed by atoms with Crippen molar-refractivity contribution in [2.24, 2.45) is 0 Å². The fourth-order valence-electron chi connectivity index (χ4n) is 3.66. The number of benzene rings is 2. The summed E-state index contributed by atoms with van der Waals surface area (Å²) in [7, 11) is 0. The van der Waals surface area contributed by atoms with Crippen LogP contribution in [0.4, 0.5) is 0 Å². The molecule has 2 aromatic rings. The van der Waals surface area contributed by atoms with Crippen LogP contribution in [0.5, 0.6) is 0 Å². The summed E-state index contributed by atoms with van der Waals surface area (Å²) in [6, 6.07) is 13.0. The molecule has 0 bridgehead atoms. The summed E-state index contributed by atoms with van der Waals surface area (Å²) in [4.78, 5) is 0. The highest BCUT2D eigenvalue weighted by Crippen LogP contribution is 2.44. The molecule has 0 aromatic heterocycles. The molecule has 23 heavy (non-hydrogen) atoms. The van der Waals surface area contributed by atoms with E-state index in [4.69, 9.17) is 5.41 Å². The quantitative estimate of drug-likeness (QED) is 0.694. The van der Waals surface area contributed by atoms with E-state index in [1.165, 1.54) is 33.4 Å². The Bertz CT molecular complexity index is 850. The molecular weight excluding hydrogens is 278 g/mol. The molecule has 0 unspecified atom stereocenters. The molecule has 0 fully saturated rings. The molecule has 0 spiro atoms. The highest BCUT2D eigenvalue weighted by atomic mass is 14.5. The van der Waals surface area contributed by atoms with Crippen LogP contribution in [0.1, 0.15) is 54.2 Å². The first-order valence-corrected chi connectivity index (χ1v) is 8.23. The highest BCUT2D eigenvalue weighted by Gasteiger charge is 2.35. The molecule has 0 saturated carbocycles. The molecule has 1 heteroatoms. The van der Waals surface area contributed by atoms with Gasteiger partial charge in [0.25, 0.3) is 0 Å². The van der Waals surface area contributed by atoms with E-state index in [2.05, 4.69) is 77.9 Å². The molecule has 1 N–H and O–H groups in total. The van der Waals surface area contributed by atoms with E-state index in [0.717, 1.165) is 11.1 Å². The van der Waals surface area contributed by atoms with Crippen molar-refractivity contribution in [1.29, 1.82) is 5.41 Å². The van der Waals surface area contributed by atoms with E-state index >= 15 is 0 Å². The lowest BCUT2D eigenvalue weighted by Gasteiger charge is -2.37. The molecule has 0 atom stereocenters. The molecule has 1 aliphatic carbocycles. The minimum atomic E-state index is -0.0570. The van der Waals surface area contributed by atoms with Gasteiger partial charge in [0.1, 0.15) is 0 Å². The minimum absolute atomic E-state index is 0.0570. The van der Waals surface area contributed by atoms with Crippen molar-refractivity contribution in [3.63, 3.8) is 0 Å². The first-order chi connectivity index (χ1) is 10.7. The maximum absolute atomic E-state index is 8.84. The van der Waals surface area contributed by atoms with E-state index < -0.39 is 0 Å². The van der Waals surface area contributed by atoms with Gasteiger partial charge in [-0.15, -0.1) is 0 Å². The van der Waals surface area contributed by atoms with Crippen molar-refractivity contribution in [2.45, 2.75) is 47.0 Å². The average molecular weight is 303 g/mol. The van der Waals surface area contributed by atoms with Crippen molar-refractivity contribution >= 4 is 11.3 Å². The normalized spacial score (nSPS) is 16.5. The fourth-order valence-corrected chi connectivity index (χ4v) is 3.66. The van der Waals surface area contributed by atoms with E-state index in [0.29, 0.717) is 5.71 Å². The van der Waals surface area contributed by atoms with Crippen molar-refractivity contribution in [1.82, 2.24) is 0 Å². The Kier molecular flexibility index (Phi) is 3.55. The zero-order valence-corrected chi connectivity index (χ0v) is 15.0. The third-order valence-corrected chi connectivity index (χ3v) is 5.33. The number of hydrogen-bond donors (Lipinski definition) is 1. The van der Waals surface area contributed by atoms with Gasteiger partial charge in [-0.2, -0.15) is 0 Å². The van der Waals surface area contributed by atoms with Gasteiger partial charge in [0, 0.05) is 16.6 Å². The molecule has 3 rings (SSSR count). The Morgan fingerprint density at radius 2 is 1.35 bits per heavy atom. The molecule has 0 heterocycles. The summed E-state index contributed by atoms with van der Waals surface area (Å²) >= 11 is 0. The zero-order chi connectivity index (χ0) is 16.9. The molecule has 1 nitrogen and oxygen atoms in total. The van der Waals surface area contributed by atoms with Crippen LogP contribution >= 0.6 is 0 Å². The predicted octanol–water partition coefficient (Wildman–Crippen LogP) is 5.74. The van der Waals surface area contributed by atoms with Gasteiger partial charge >= 0.3 is 0 Å². The van der Waals surface area contributed by atoms with E-state index in [9.17, 15) is 0 Å². The summed E-state index contributed by atoms with van der Waals surface area (Å²) in [6.07, 6.45) is 0. The van der Waals surface area contributed by atoms with Gasteiger partial charge in [-0.3, -0.25) is 5.41 Å². The minimum Gasteiger partial charge on any atom is -0.300 e. The third kappa shape index (κ3) is 2.35. The van der Waals surface area contributed by atoms with Crippen LogP contribution < -0.4 is 0 Å². The first-order valence-electron chi connectivity index (χ1n) is 8.23. The van der Waals surface area contributed by atoms with Crippen molar-refractivity contribution in [3.05, 3.63) is 75.4 Å². The van der Waals surface area contributed by atoms with Gasteiger partial charge in [0.15, 0.2) is 0 Å². The van der Waals surface area contributed by atoms with Crippen molar-refractivity contribution in [2.75, 3.05) is 0 Å². The number of fused-ring (bicyclic) bond motifs is 1. The molecule has 1 aliphatic rings. The van der Waals surface area contributed by atoms with Crippen LogP contribution in [-0.4, -0.2) is 5.71 Å². The predicted molar refractivity (Wildman–Crippen MR) is 99.5 cm³/mol. The van der Waals surface area contributed by atoms with Crippen LogP contribution in [0.3, 0.4) is 0 Å². The number of nitrogens with one attached hydrogen (secondary N) is 1. The number of allylic oxidation sites excluding steroid dienone is 2. The number of hydrogen-bond acceptors (Lipinski definition) is 1.